The fourth-order valence-electron chi connectivity index (χ4n) is 0.236. The fraction of sp³-hybridized carbons (Fsp3) is 0.500. The Morgan fingerprint density at radius 2 is 1.30 bits per heavy atom. The van der Waals surface area contributed by atoms with Crippen LogP contribution in [0, 0.1) is 0 Å². The van der Waals surface area contributed by atoms with Gasteiger partial charge in [0.2, 0.25) is 0 Å². The van der Waals surface area contributed by atoms with Crippen molar-refractivity contribution in [3.63, 3.8) is 0 Å². The number of hydrogen-bond donors (Lipinski definition) is 0. The van der Waals surface area contributed by atoms with E-state index in [0.29, 0.717) is 0 Å². The Labute approximate surface area is 63.1 Å². The summed E-state index contributed by atoms with van der Waals surface area (Å²) < 4.78 is 9.19. The van der Waals surface area contributed by atoms with E-state index in [4.69, 9.17) is 0 Å². The van der Waals surface area contributed by atoms with E-state index in [2.05, 4.69) is 22.6 Å². The third-order valence-corrected chi connectivity index (χ3v) is 0.569. The Morgan fingerprint density at radius 3 is 1.30 bits per heavy atom. The first-order valence-corrected chi connectivity index (χ1v) is 3.28. The van der Waals surface area contributed by atoms with Gasteiger partial charge in [-0.3, -0.25) is 0 Å². The average Bonchev–Trinajstić information content (AvgIpc) is 1.93. The van der Waals surface area contributed by atoms with Crippen molar-refractivity contribution in [1.29, 1.82) is 0 Å². The van der Waals surface area contributed by atoms with Crippen LogP contribution >= 0.6 is 0 Å². The van der Waals surface area contributed by atoms with Gasteiger partial charge in [0, 0.05) is 0 Å². The molecule has 0 atom stereocenters. The van der Waals surface area contributed by atoms with Crippen molar-refractivity contribution in [1.82, 2.24) is 0 Å². The summed E-state index contributed by atoms with van der Waals surface area (Å²) >= 11 is 0. The molecule has 0 aliphatic heterocycles. The maximum Gasteiger partial charge on any atom is 0.0844 e. The van der Waals surface area contributed by atoms with E-state index in [-0.39, 0.29) is 0 Å². The second-order valence-corrected chi connectivity index (χ2v) is 1.24. The highest BCUT2D eigenvalue weighted by Crippen LogP contribution is 1.65. The van der Waals surface area contributed by atoms with Crippen molar-refractivity contribution in [3.8, 4) is 0 Å². The molecule has 0 spiro atoms. The lowest BCUT2D eigenvalue weighted by Gasteiger charge is -1.84. The molecule has 0 unspecified atom stereocenters. The molecule has 0 aromatic carbocycles. The van der Waals surface area contributed by atoms with Crippen LogP contribution in [-0.4, -0.2) is 13.2 Å². The number of ether oxygens (including phenoxy) is 2. The zero-order valence-corrected chi connectivity index (χ0v) is 6.80. The van der Waals surface area contributed by atoms with Crippen molar-refractivity contribution in [3.05, 3.63) is 25.7 Å². The molecule has 0 radical (unpaired) electrons. The molecule has 0 heterocycles. The van der Waals surface area contributed by atoms with Gasteiger partial charge >= 0.3 is 0 Å². The fourth-order valence-corrected chi connectivity index (χ4v) is 0.236. The van der Waals surface area contributed by atoms with Crippen molar-refractivity contribution < 1.29 is 9.47 Å². The van der Waals surface area contributed by atoms with Crippen molar-refractivity contribution >= 4 is 0 Å². The maximum atomic E-state index is 4.60. The lowest BCUT2D eigenvalue weighted by molar-refractivity contribution is 0.270. The van der Waals surface area contributed by atoms with E-state index in [0.717, 1.165) is 13.2 Å². The standard InChI is InChI=1S/2C4H8O/c2*1-3-5-4-2/h2*3H,1,4H2,2H3. The second-order valence-electron chi connectivity index (χ2n) is 1.24. The molecule has 0 saturated carbocycles. The molecule has 0 saturated heterocycles. The van der Waals surface area contributed by atoms with Crippen LogP contribution in [0.2, 0.25) is 0 Å². The van der Waals surface area contributed by atoms with Gasteiger partial charge in [0.05, 0.1) is 25.7 Å². The quantitative estimate of drug-likeness (QED) is 0.564. The Bertz CT molecular complexity index is 59.7. The van der Waals surface area contributed by atoms with E-state index < -0.39 is 0 Å². The topological polar surface area (TPSA) is 18.5 Å². The second kappa shape index (κ2) is 15.7. The predicted molar refractivity (Wildman–Crippen MR) is 43.6 cm³/mol. The summed E-state index contributed by atoms with van der Waals surface area (Å²) in [5.74, 6) is 0. The molecule has 0 aromatic heterocycles. The molecule has 0 aliphatic rings. The van der Waals surface area contributed by atoms with Gasteiger partial charge in [0.25, 0.3) is 0 Å². The minimum atomic E-state index is 0.726. The molecular weight excluding hydrogens is 128 g/mol. The minimum Gasteiger partial charge on any atom is -0.502 e. The molecule has 10 heavy (non-hydrogen) atoms. The molecule has 0 fully saturated rings. The van der Waals surface area contributed by atoms with Crippen LogP contribution in [0.1, 0.15) is 13.8 Å². The van der Waals surface area contributed by atoms with Crippen molar-refractivity contribution in [2.24, 2.45) is 0 Å². The first-order chi connectivity index (χ1) is 4.83. The molecule has 0 bridgehead atoms. The van der Waals surface area contributed by atoms with E-state index in [1.165, 1.54) is 12.5 Å². The van der Waals surface area contributed by atoms with Crippen molar-refractivity contribution in [2.45, 2.75) is 13.8 Å². The maximum absolute atomic E-state index is 4.60. The van der Waals surface area contributed by atoms with E-state index in [9.17, 15) is 0 Å². The third kappa shape index (κ3) is 27.6. The first-order valence-electron chi connectivity index (χ1n) is 3.28. The molecule has 2 heteroatoms. The number of hydrogen-bond acceptors (Lipinski definition) is 2. The molecule has 2 nitrogen and oxygen atoms in total. The molecule has 0 aliphatic carbocycles. The van der Waals surface area contributed by atoms with Gasteiger partial charge in [0.15, 0.2) is 0 Å². The Kier molecular flexibility index (Phi) is 18.6. The third-order valence-electron chi connectivity index (χ3n) is 0.569. The summed E-state index contributed by atoms with van der Waals surface area (Å²) in [4.78, 5) is 0. The molecule has 60 valence electrons. The Morgan fingerprint density at radius 1 is 1.00 bits per heavy atom. The molecule has 0 rings (SSSR count). The van der Waals surface area contributed by atoms with E-state index >= 15 is 0 Å². The normalized spacial score (nSPS) is 6.60. The van der Waals surface area contributed by atoms with Crippen LogP contribution < -0.4 is 0 Å². The summed E-state index contributed by atoms with van der Waals surface area (Å²) in [7, 11) is 0. The SMILES string of the molecule is C=COCC.C=COCC. The predicted octanol–water partition coefficient (Wildman–Crippen LogP) is 2.33. The number of rotatable bonds is 4. The zero-order valence-electron chi connectivity index (χ0n) is 6.80. The van der Waals surface area contributed by atoms with Crippen LogP contribution in [0.15, 0.2) is 25.7 Å². The van der Waals surface area contributed by atoms with Crippen molar-refractivity contribution in [2.75, 3.05) is 13.2 Å². The molecule has 0 N–H and O–H groups in total. The van der Waals surface area contributed by atoms with Gasteiger partial charge in [-0.1, -0.05) is 13.2 Å². The lowest BCUT2D eigenvalue weighted by atomic mass is 10.9. The van der Waals surface area contributed by atoms with Gasteiger partial charge in [-0.25, -0.2) is 0 Å². The summed E-state index contributed by atoms with van der Waals surface area (Å²) in [6.07, 6.45) is 2.86. The summed E-state index contributed by atoms with van der Waals surface area (Å²) in [5, 5.41) is 0. The van der Waals surface area contributed by atoms with Gasteiger partial charge in [-0.05, 0) is 13.8 Å². The molecule has 0 amide bonds. The largest absolute Gasteiger partial charge is 0.502 e. The zero-order chi connectivity index (χ0) is 8.24. The minimum absolute atomic E-state index is 0.726. The molecular formula is C8H16O2. The highest BCUT2D eigenvalue weighted by molar-refractivity contribution is 4.45. The van der Waals surface area contributed by atoms with E-state index in [1.807, 2.05) is 13.8 Å². The Balaban J connectivity index is 0. The van der Waals surface area contributed by atoms with Gasteiger partial charge in [-0.2, -0.15) is 0 Å². The smallest absolute Gasteiger partial charge is 0.0844 e. The van der Waals surface area contributed by atoms with E-state index in [1.54, 1.807) is 0 Å². The van der Waals surface area contributed by atoms with Gasteiger partial charge in [-0.15, -0.1) is 0 Å². The van der Waals surface area contributed by atoms with Crippen LogP contribution in [0.5, 0.6) is 0 Å². The van der Waals surface area contributed by atoms with Gasteiger partial charge < -0.3 is 9.47 Å². The Hall–Kier alpha value is -0.920. The van der Waals surface area contributed by atoms with Crippen LogP contribution in [0.4, 0.5) is 0 Å². The highest BCUT2D eigenvalue weighted by Gasteiger charge is 1.56. The highest BCUT2D eigenvalue weighted by atomic mass is 16.5. The monoisotopic (exact) mass is 144 g/mol. The summed E-state index contributed by atoms with van der Waals surface area (Å²) in [5.41, 5.74) is 0. The lowest BCUT2D eigenvalue weighted by Crippen LogP contribution is -1.72. The van der Waals surface area contributed by atoms with Crippen LogP contribution in [0.3, 0.4) is 0 Å². The van der Waals surface area contributed by atoms with Crippen LogP contribution in [-0.2, 0) is 9.47 Å². The van der Waals surface area contributed by atoms with Crippen LogP contribution in [0.25, 0.3) is 0 Å². The first kappa shape index (κ1) is 11.8. The van der Waals surface area contributed by atoms with Gasteiger partial charge in [0.1, 0.15) is 0 Å². The molecule has 0 aromatic rings. The summed E-state index contributed by atoms with van der Waals surface area (Å²) in [6.45, 7) is 11.9. The summed E-state index contributed by atoms with van der Waals surface area (Å²) in [6, 6.07) is 0. The average molecular weight is 144 g/mol.